The summed E-state index contributed by atoms with van der Waals surface area (Å²) in [7, 11) is -1.12. The molecule has 0 spiro atoms. The molecule has 0 rings (SSSR count). The highest BCUT2D eigenvalue weighted by atomic mass is 32.3. The van der Waals surface area contributed by atoms with E-state index in [1.165, 1.54) is 159 Å². The number of quaternary nitrogens is 1. The summed E-state index contributed by atoms with van der Waals surface area (Å²) in [6.45, 7) is 11.1. The molecular formula is C29H63NO4S. The van der Waals surface area contributed by atoms with Crippen LogP contribution in [0.5, 0.6) is 0 Å². The van der Waals surface area contributed by atoms with Gasteiger partial charge in [0.1, 0.15) is 0 Å². The molecule has 0 aliphatic heterocycles. The Kier molecular flexibility index (Phi) is 28.4. The smallest absolute Gasteiger partial charge is 0.217 e. The van der Waals surface area contributed by atoms with Gasteiger partial charge in [-0.2, -0.15) is 0 Å². The van der Waals surface area contributed by atoms with Gasteiger partial charge >= 0.3 is 0 Å². The van der Waals surface area contributed by atoms with Crippen LogP contribution in [0.25, 0.3) is 0 Å². The molecule has 0 N–H and O–H groups in total. The first-order valence-electron chi connectivity index (χ1n) is 15.1. The molecule has 0 fully saturated rings. The molecule has 0 aliphatic carbocycles. The van der Waals surface area contributed by atoms with Crippen LogP contribution in [0.2, 0.25) is 0 Å². The number of hydrogen-bond acceptors (Lipinski definition) is 4. The summed E-state index contributed by atoms with van der Waals surface area (Å²) in [5.74, 6) is 0. The largest absolute Gasteiger partial charge is 0.726 e. The number of hydrogen-bond donors (Lipinski definition) is 0. The Hall–Kier alpha value is -0.170. The molecule has 0 aliphatic rings. The van der Waals surface area contributed by atoms with Gasteiger partial charge in [-0.3, -0.25) is 4.18 Å². The molecule has 0 saturated carbocycles. The van der Waals surface area contributed by atoms with Crippen molar-refractivity contribution in [3.63, 3.8) is 0 Å². The molecule has 1 unspecified atom stereocenters. The van der Waals surface area contributed by atoms with Crippen LogP contribution >= 0.6 is 0 Å². The van der Waals surface area contributed by atoms with Crippen molar-refractivity contribution < 1.29 is 21.6 Å². The summed E-state index contributed by atoms with van der Waals surface area (Å²) >= 11 is 0. The molecule has 0 radical (unpaired) electrons. The van der Waals surface area contributed by atoms with E-state index in [1.807, 2.05) is 0 Å². The van der Waals surface area contributed by atoms with Crippen molar-refractivity contribution in [3.8, 4) is 0 Å². The molecule has 0 aromatic heterocycles. The van der Waals surface area contributed by atoms with Gasteiger partial charge in [-0.15, -0.1) is 0 Å². The fourth-order valence-corrected chi connectivity index (χ4v) is 4.57. The normalized spacial score (nSPS) is 13.3. The molecule has 0 saturated heterocycles. The van der Waals surface area contributed by atoms with Gasteiger partial charge < -0.3 is 9.04 Å². The van der Waals surface area contributed by atoms with Gasteiger partial charge in [-0.1, -0.05) is 123 Å². The third-order valence-electron chi connectivity index (χ3n) is 7.32. The standard InChI is InChI=1S/C28H60N.CH4O4S/c1-5-8-10-12-13-14-15-16-17-18-19-20-21-22-23-24-26-28-29(4,7-3)27-25-11-9-6-2;1-5-6(2,3)4/h5-28H2,1-4H3;1H3,(H,2,3,4)/q+1;/p-1. The van der Waals surface area contributed by atoms with E-state index in [9.17, 15) is 13.0 Å². The zero-order valence-corrected chi connectivity index (χ0v) is 25.3. The first-order valence-corrected chi connectivity index (χ1v) is 16.4. The summed E-state index contributed by atoms with van der Waals surface area (Å²) in [5.41, 5.74) is 0. The molecule has 6 heteroatoms. The van der Waals surface area contributed by atoms with Crippen molar-refractivity contribution in [1.82, 2.24) is 0 Å². The average molecular weight is 522 g/mol. The van der Waals surface area contributed by atoms with Crippen molar-refractivity contribution in [2.75, 3.05) is 33.8 Å². The summed E-state index contributed by atoms with van der Waals surface area (Å²) in [5, 5.41) is 0. The van der Waals surface area contributed by atoms with E-state index in [0.29, 0.717) is 0 Å². The van der Waals surface area contributed by atoms with E-state index >= 15 is 0 Å². The maximum atomic E-state index is 9.22. The Morgan fingerprint density at radius 3 is 1.00 bits per heavy atom. The molecule has 214 valence electrons. The minimum atomic E-state index is -4.41. The Labute approximate surface area is 221 Å². The number of rotatable bonds is 25. The lowest BCUT2D eigenvalue weighted by molar-refractivity contribution is -0.908. The second-order valence-electron chi connectivity index (χ2n) is 10.7. The van der Waals surface area contributed by atoms with Crippen LogP contribution in [0.3, 0.4) is 0 Å². The van der Waals surface area contributed by atoms with Crippen LogP contribution < -0.4 is 0 Å². The maximum absolute atomic E-state index is 9.22. The Morgan fingerprint density at radius 1 is 0.543 bits per heavy atom. The quantitative estimate of drug-likeness (QED) is 0.0521. The minimum absolute atomic E-state index is 0.808. The summed E-state index contributed by atoms with van der Waals surface area (Å²) in [6, 6.07) is 0. The molecule has 0 aromatic carbocycles. The monoisotopic (exact) mass is 521 g/mol. The van der Waals surface area contributed by atoms with Crippen molar-refractivity contribution >= 4 is 10.4 Å². The first-order chi connectivity index (χ1) is 16.7. The van der Waals surface area contributed by atoms with E-state index in [-0.39, 0.29) is 0 Å². The third-order valence-corrected chi connectivity index (χ3v) is 7.73. The van der Waals surface area contributed by atoms with Gasteiger partial charge in [0.2, 0.25) is 10.4 Å². The molecule has 5 nitrogen and oxygen atoms in total. The average Bonchev–Trinajstić information content (AvgIpc) is 2.84. The maximum Gasteiger partial charge on any atom is 0.217 e. The zero-order chi connectivity index (χ0) is 26.7. The van der Waals surface area contributed by atoms with E-state index in [1.54, 1.807) is 0 Å². The lowest BCUT2D eigenvalue weighted by atomic mass is 10.0. The molecule has 35 heavy (non-hydrogen) atoms. The van der Waals surface area contributed by atoms with Gasteiger partial charge in [0.25, 0.3) is 0 Å². The molecule has 0 heterocycles. The Morgan fingerprint density at radius 2 is 0.771 bits per heavy atom. The van der Waals surface area contributed by atoms with Crippen LogP contribution in [-0.2, 0) is 14.6 Å². The van der Waals surface area contributed by atoms with Gasteiger partial charge in [0, 0.05) is 0 Å². The second-order valence-corrected chi connectivity index (χ2v) is 11.8. The minimum Gasteiger partial charge on any atom is -0.726 e. The number of nitrogens with zero attached hydrogens (tertiary/aromatic N) is 1. The van der Waals surface area contributed by atoms with E-state index in [0.717, 1.165) is 7.11 Å². The van der Waals surface area contributed by atoms with Crippen molar-refractivity contribution in [2.45, 2.75) is 156 Å². The SMILES string of the molecule is CCCCCCCCCCCCCCCCCCC[N+](C)(CC)CCCCCC.COS(=O)(=O)[O-]. The molecule has 0 aromatic rings. The van der Waals surface area contributed by atoms with Gasteiger partial charge in [0.05, 0.1) is 33.8 Å². The predicted molar refractivity (Wildman–Crippen MR) is 151 cm³/mol. The summed E-state index contributed by atoms with van der Waals surface area (Å²) in [4.78, 5) is 0. The fourth-order valence-electron chi connectivity index (χ4n) is 4.57. The number of unbranched alkanes of at least 4 members (excludes halogenated alkanes) is 19. The highest BCUT2D eigenvalue weighted by Crippen LogP contribution is 2.15. The Bertz CT molecular complexity index is 513. The third kappa shape index (κ3) is 31.8. The highest BCUT2D eigenvalue weighted by molar-refractivity contribution is 7.80. The summed E-state index contributed by atoms with van der Waals surface area (Å²) < 4.78 is 32.3. The van der Waals surface area contributed by atoms with Crippen LogP contribution in [0.4, 0.5) is 0 Å². The van der Waals surface area contributed by atoms with Crippen LogP contribution in [0, 0.1) is 0 Å². The lowest BCUT2D eigenvalue weighted by Gasteiger charge is -2.33. The van der Waals surface area contributed by atoms with Crippen molar-refractivity contribution in [1.29, 1.82) is 0 Å². The van der Waals surface area contributed by atoms with Crippen molar-refractivity contribution in [2.24, 2.45) is 0 Å². The Balaban J connectivity index is 0. The van der Waals surface area contributed by atoms with Crippen molar-refractivity contribution in [3.05, 3.63) is 0 Å². The molecule has 0 amide bonds. The fraction of sp³-hybridized carbons (Fsp3) is 1.00. The topological polar surface area (TPSA) is 66.4 Å². The van der Waals surface area contributed by atoms with E-state index in [4.69, 9.17) is 0 Å². The highest BCUT2D eigenvalue weighted by Gasteiger charge is 2.17. The van der Waals surface area contributed by atoms with Gasteiger partial charge in [-0.05, 0) is 32.6 Å². The molecular weight excluding hydrogens is 458 g/mol. The second kappa shape index (κ2) is 26.9. The predicted octanol–water partition coefficient (Wildman–Crippen LogP) is 8.78. The van der Waals surface area contributed by atoms with Crippen LogP contribution in [-0.4, -0.2) is 51.2 Å². The van der Waals surface area contributed by atoms with Gasteiger partial charge in [-0.25, -0.2) is 8.42 Å². The molecule has 1 atom stereocenters. The van der Waals surface area contributed by atoms with Crippen LogP contribution in [0.15, 0.2) is 0 Å². The van der Waals surface area contributed by atoms with Crippen LogP contribution in [0.1, 0.15) is 156 Å². The molecule has 0 bridgehead atoms. The van der Waals surface area contributed by atoms with Gasteiger partial charge in [0.15, 0.2) is 0 Å². The first kappa shape index (κ1) is 37.0. The van der Waals surface area contributed by atoms with E-state index < -0.39 is 10.4 Å². The van der Waals surface area contributed by atoms with E-state index in [2.05, 4.69) is 32.0 Å². The zero-order valence-electron chi connectivity index (χ0n) is 24.5. The lowest BCUT2D eigenvalue weighted by Crippen LogP contribution is -2.45. The summed E-state index contributed by atoms with van der Waals surface area (Å²) in [6.07, 6.45) is 30.6.